The van der Waals surface area contributed by atoms with E-state index in [9.17, 15) is 4.79 Å². The first kappa shape index (κ1) is 12.9. The third-order valence-electron chi connectivity index (χ3n) is 2.53. The number of hydrogen-bond donors (Lipinski definition) is 1. The van der Waals surface area contributed by atoms with Crippen LogP contribution >= 0.6 is 0 Å². The van der Waals surface area contributed by atoms with Gasteiger partial charge < -0.3 is 9.15 Å². The normalized spacial score (nSPS) is 11.2. The second-order valence-corrected chi connectivity index (χ2v) is 3.85. The van der Waals surface area contributed by atoms with Gasteiger partial charge in [0.05, 0.1) is 13.4 Å². The van der Waals surface area contributed by atoms with E-state index in [-0.39, 0.29) is 5.91 Å². The minimum atomic E-state index is -0.301. The molecule has 1 amide bonds. The summed E-state index contributed by atoms with van der Waals surface area (Å²) in [4.78, 5) is 11.9. The Hall–Kier alpha value is -2.56. The van der Waals surface area contributed by atoms with E-state index in [0.717, 1.165) is 0 Å². The van der Waals surface area contributed by atoms with Crippen molar-refractivity contribution in [3.63, 3.8) is 0 Å². The van der Waals surface area contributed by atoms with Crippen LogP contribution in [0.25, 0.3) is 0 Å². The summed E-state index contributed by atoms with van der Waals surface area (Å²) >= 11 is 0. The molecule has 2 rings (SSSR count). The Morgan fingerprint density at radius 2 is 2.16 bits per heavy atom. The van der Waals surface area contributed by atoms with E-state index in [0.29, 0.717) is 22.8 Å². The van der Waals surface area contributed by atoms with Crippen LogP contribution in [0.2, 0.25) is 0 Å². The number of hydrazone groups is 1. The number of rotatable bonds is 4. The molecule has 19 heavy (non-hydrogen) atoms. The zero-order chi connectivity index (χ0) is 13.7. The van der Waals surface area contributed by atoms with E-state index in [4.69, 9.17) is 9.15 Å². The van der Waals surface area contributed by atoms with E-state index in [2.05, 4.69) is 10.5 Å². The fourth-order valence-electron chi connectivity index (χ4n) is 1.50. The van der Waals surface area contributed by atoms with E-state index in [1.807, 2.05) is 0 Å². The molecule has 1 N–H and O–H groups in total. The summed E-state index contributed by atoms with van der Waals surface area (Å²) in [5, 5.41) is 3.98. The van der Waals surface area contributed by atoms with Gasteiger partial charge in [-0.3, -0.25) is 4.79 Å². The number of methoxy groups -OCH3 is 1. The lowest BCUT2D eigenvalue weighted by atomic mass is 10.2. The van der Waals surface area contributed by atoms with E-state index >= 15 is 0 Å². The number of nitrogens with one attached hydrogen (secondary N) is 1. The van der Waals surface area contributed by atoms with Gasteiger partial charge in [-0.1, -0.05) is 6.07 Å². The third-order valence-corrected chi connectivity index (χ3v) is 2.53. The monoisotopic (exact) mass is 258 g/mol. The van der Waals surface area contributed by atoms with Gasteiger partial charge in [-0.15, -0.1) is 0 Å². The molecule has 0 saturated carbocycles. The summed E-state index contributed by atoms with van der Waals surface area (Å²) in [6, 6.07) is 10.4. The molecule has 0 atom stereocenters. The maximum absolute atomic E-state index is 11.9. The Labute approximate surface area is 110 Å². The summed E-state index contributed by atoms with van der Waals surface area (Å²) in [6.45, 7) is 1.75. The van der Waals surface area contributed by atoms with Gasteiger partial charge in [-0.2, -0.15) is 5.10 Å². The molecule has 1 aromatic heterocycles. The number of amides is 1. The lowest BCUT2D eigenvalue weighted by Gasteiger charge is -2.03. The predicted octanol–water partition coefficient (Wildman–Crippen LogP) is 2.44. The van der Waals surface area contributed by atoms with Crippen LogP contribution in [0.1, 0.15) is 23.0 Å². The second kappa shape index (κ2) is 5.86. The first-order valence-corrected chi connectivity index (χ1v) is 5.73. The van der Waals surface area contributed by atoms with Crippen molar-refractivity contribution in [2.45, 2.75) is 6.92 Å². The van der Waals surface area contributed by atoms with Crippen LogP contribution in [-0.4, -0.2) is 18.7 Å². The Morgan fingerprint density at radius 3 is 2.84 bits per heavy atom. The third kappa shape index (κ3) is 3.22. The lowest BCUT2D eigenvalue weighted by Crippen LogP contribution is -2.19. The van der Waals surface area contributed by atoms with Crippen LogP contribution in [-0.2, 0) is 0 Å². The van der Waals surface area contributed by atoms with Gasteiger partial charge >= 0.3 is 0 Å². The summed E-state index contributed by atoms with van der Waals surface area (Å²) in [5.41, 5.74) is 3.55. The van der Waals surface area contributed by atoms with Gasteiger partial charge in [0.15, 0.2) is 0 Å². The summed E-state index contributed by atoms with van der Waals surface area (Å²) < 4.78 is 10.2. The van der Waals surface area contributed by atoms with Crippen LogP contribution in [0.15, 0.2) is 52.2 Å². The van der Waals surface area contributed by atoms with Gasteiger partial charge in [0, 0.05) is 5.56 Å². The van der Waals surface area contributed by atoms with Crippen molar-refractivity contribution in [2.75, 3.05) is 7.11 Å². The molecule has 1 aromatic carbocycles. The number of furan rings is 1. The van der Waals surface area contributed by atoms with E-state index in [1.165, 1.54) is 0 Å². The molecule has 5 nitrogen and oxygen atoms in total. The molecule has 0 bridgehead atoms. The molecule has 1 heterocycles. The van der Waals surface area contributed by atoms with Crippen molar-refractivity contribution < 1.29 is 13.9 Å². The first-order chi connectivity index (χ1) is 9.20. The molecule has 0 radical (unpaired) electrons. The smallest absolute Gasteiger partial charge is 0.271 e. The van der Waals surface area contributed by atoms with E-state index in [1.54, 1.807) is 56.7 Å². The number of carbonyl (C=O) groups excluding carboxylic acids is 1. The van der Waals surface area contributed by atoms with Crippen molar-refractivity contribution in [1.29, 1.82) is 0 Å². The lowest BCUT2D eigenvalue weighted by molar-refractivity contribution is 0.0954. The number of carbonyl (C=O) groups is 1. The second-order valence-electron chi connectivity index (χ2n) is 3.85. The molecule has 0 aliphatic heterocycles. The molecule has 98 valence electrons. The fourth-order valence-corrected chi connectivity index (χ4v) is 1.50. The predicted molar refractivity (Wildman–Crippen MR) is 71.4 cm³/mol. The molecular formula is C14H14N2O3. The Bertz CT molecular complexity index is 588. The molecular weight excluding hydrogens is 244 g/mol. The zero-order valence-corrected chi connectivity index (χ0v) is 10.7. The Balaban J connectivity index is 2.07. The molecule has 0 unspecified atom stereocenters. The molecule has 0 saturated heterocycles. The quantitative estimate of drug-likeness (QED) is 0.676. The SMILES string of the molecule is COc1cccc(C(=O)NN=C(C)c2ccco2)c1. The minimum absolute atomic E-state index is 0.301. The topological polar surface area (TPSA) is 63.8 Å². The van der Waals surface area contributed by atoms with Crippen LogP contribution < -0.4 is 10.2 Å². The molecule has 0 aliphatic carbocycles. The van der Waals surface area contributed by atoms with Crippen LogP contribution in [0.3, 0.4) is 0 Å². The highest BCUT2D eigenvalue weighted by Crippen LogP contribution is 2.12. The van der Waals surface area contributed by atoms with Crippen molar-refractivity contribution in [2.24, 2.45) is 5.10 Å². The number of nitrogens with zero attached hydrogens (tertiary/aromatic N) is 1. The number of hydrogen-bond acceptors (Lipinski definition) is 4. The van der Waals surface area contributed by atoms with E-state index < -0.39 is 0 Å². The zero-order valence-electron chi connectivity index (χ0n) is 10.7. The molecule has 0 aliphatic rings. The highest BCUT2D eigenvalue weighted by atomic mass is 16.5. The van der Waals surface area contributed by atoms with Crippen LogP contribution in [0.4, 0.5) is 0 Å². The van der Waals surface area contributed by atoms with Gasteiger partial charge in [0.2, 0.25) is 0 Å². The summed E-state index contributed by atoms with van der Waals surface area (Å²) in [5.74, 6) is 0.940. The van der Waals surface area contributed by atoms with Gasteiger partial charge in [0.1, 0.15) is 17.2 Å². The first-order valence-electron chi connectivity index (χ1n) is 5.73. The highest BCUT2D eigenvalue weighted by Gasteiger charge is 2.06. The van der Waals surface area contributed by atoms with Crippen molar-refractivity contribution >= 4 is 11.6 Å². The van der Waals surface area contributed by atoms with Gasteiger partial charge in [0.25, 0.3) is 5.91 Å². The number of benzene rings is 1. The Morgan fingerprint density at radius 1 is 1.32 bits per heavy atom. The van der Waals surface area contributed by atoms with Crippen molar-refractivity contribution in [1.82, 2.24) is 5.43 Å². The van der Waals surface area contributed by atoms with Crippen molar-refractivity contribution in [3.05, 3.63) is 54.0 Å². The fraction of sp³-hybridized carbons (Fsp3) is 0.143. The molecule has 0 spiro atoms. The molecule has 0 fully saturated rings. The number of ether oxygens (including phenoxy) is 1. The standard InChI is InChI=1S/C14H14N2O3/c1-10(13-7-4-8-19-13)15-16-14(17)11-5-3-6-12(9-11)18-2/h3-9H,1-2H3,(H,16,17). The van der Waals surface area contributed by atoms with Crippen LogP contribution in [0.5, 0.6) is 5.75 Å². The van der Waals surface area contributed by atoms with Crippen LogP contribution in [0, 0.1) is 0 Å². The average Bonchev–Trinajstić information content (AvgIpc) is 2.98. The Kier molecular flexibility index (Phi) is 3.97. The van der Waals surface area contributed by atoms with Gasteiger partial charge in [-0.25, -0.2) is 5.43 Å². The molecule has 5 heteroatoms. The summed E-state index contributed by atoms with van der Waals surface area (Å²) in [7, 11) is 1.55. The molecule has 2 aromatic rings. The maximum Gasteiger partial charge on any atom is 0.271 e. The minimum Gasteiger partial charge on any atom is -0.497 e. The van der Waals surface area contributed by atoms with Gasteiger partial charge in [-0.05, 0) is 37.3 Å². The maximum atomic E-state index is 11.9. The highest BCUT2D eigenvalue weighted by molar-refractivity contribution is 5.99. The van der Waals surface area contributed by atoms with Crippen molar-refractivity contribution in [3.8, 4) is 5.75 Å². The largest absolute Gasteiger partial charge is 0.497 e. The summed E-state index contributed by atoms with van der Waals surface area (Å²) in [6.07, 6.45) is 1.55. The average molecular weight is 258 g/mol.